The highest BCUT2D eigenvalue weighted by molar-refractivity contribution is 7.86. The first-order valence-electron chi connectivity index (χ1n) is 5.64. The predicted molar refractivity (Wildman–Crippen MR) is 64.0 cm³/mol. The van der Waals surface area contributed by atoms with Crippen LogP contribution in [-0.2, 0) is 10.2 Å². The van der Waals surface area contributed by atoms with E-state index in [0.29, 0.717) is 13.1 Å². The number of hydrogen-bond donors (Lipinski definition) is 0. The Morgan fingerprint density at radius 1 is 0.933 bits per heavy atom. The second kappa shape index (κ2) is 7.19. The summed E-state index contributed by atoms with van der Waals surface area (Å²) in [5, 5.41) is 0. The zero-order valence-corrected chi connectivity index (χ0v) is 11.2. The van der Waals surface area contributed by atoms with Gasteiger partial charge in [0.15, 0.2) is 0 Å². The minimum atomic E-state index is -3.22. The van der Waals surface area contributed by atoms with Crippen molar-refractivity contribution in [2.45, 2.75) is 39.5 Å². The normalized spacial score (nSPS) is 12.7. The third-order valence-corrected chi connectivity index (χ3v) is 4.25. The summed E-state index contributed by atoms with van der Waals surface area (Å²) < 4.78 is 26.7. The van der Waals surface area contributed by atoms with E-state index in [1.165, 1.54) is 4.31 Å². The van der Waals surface area contributed by atoms with E-state index in [1.54, 1.807) is 18.4 Å². The summed E-state index contributed by atoms with van der Waals surface area (Å²) in [6.45, 7) is 5.41. The van der Waals surface area contributed by atoms with Gasteiger partial charge in [-0.3, -0.25) is 0 Å². The molecule has 0 atom stereocenters. The van der Waals surface area contributed by atoms with Gasteiger partial charge < -0.3 is 0 Å². The molecule has 0 unspecified atom stereocenters. The van der Waals surface area contributed by atoms with Gasteiger partial charge in [-0.1, -0.05) is 26.7 Å². The van der Waals surface area contributed by atoms with Gasteiger partial charge in [0.2, 0.25) is 0 Å². The number of nitrogens with zero attached hydrogens (tertiary/aromatic N) is 2. The van der Waals surface area contributed by atoms with Crippen molar-refractivity contribution >= 4 is 10.2 Å². The van der Waals surface area contributed by atoms with Crippen molar-refractivity contribution in [3.63, 3.8) is 0 Å². The second-order valence-corrected chi connectivity index (χ2v) is 6.04. The standard InChI is InChI=1S/C10H24N2O2S/c1-5-7-9-12(10-8-6-2)15(13,14)11(3)4/h5-10H2,1-4H3. The first-order chi connectivity index (χ1) is 6.96. The minimum Gasteiger partial charge on any atom is -0.195 e. The third-order valence-electron chi connectivity index (χ3n) is 2.31. The maximum absolute atomic E-state index is 11.9. The molecule has 0 aliphatic carbocycles. The van der Waals surface area contributed by atoms with Crippen LogP contribution in [0.4, 0.5) is 0 Å². The van der Waals surface area contributed by atoms with Crippen LogP contribution in [0.3, 0.4) is 0 Å². The highest BCUT2D eigenvalue weighted by Crippen LogP contribution is 2.08. The maximum atomic E-state index is 11.9. The van der Waals surface area contributed by atoms with Crippen molar-refractivity contribution in [1.82, 2.24) is 8.61 Å². The molecule has 0 aromatic heterocycles. The Kier molecular flexibility index (Phi) is 7.13. The van der Waals surface area contributed by atoms with Crippen LogP contribution in [0.25, 0.3) is 0 Å². The summed E-state index contributed by atoms with van der Waals surface area (Å²) in [5.74, 6) is 0. The van der Waals surface area contributed by atoms with Crippen LogP contribution in [0.15, 0.2) is 0 Å². The topological polar surface area (TPSA) is 40.6 Å². The van der Waals surface area contributed by atoms with Gasteiger partial charge >= 0.3 is 0 Å². The molecule has 0 rings (SSSR count). The van der Waals surface area contributed by atoms with Crippen LogP contribution in [0.1, 0.15) is 39.5 Å². The average molecular weight is 236 g/mol. The van der Waals surface area contributed by atoms with E-state index in [2.05, 4.69) is 13.8 Å². The summed E-state index contributed by atoms with van der Waals surface area (Å²) in [7, 11) is -0.0497. The molecule has 92 valence electrons. The molecule has 0 heterocycles. The molecule has 0 aliphatic rings. The Bertz CT molecular complexity index is 242. The van der Waals surface area contributed by atoms with E-state index in [9.17, 15) is 8.42 Å². The van der Waals surface area contributed by atoms with E-state index in [1.807, 2.05) is 0 Å². The van der Waals surface area contributed by atoms with Gasteiger partial charge in [-0.2, -0.15) is 17.0 Å². The highest BCUT2D eigenvalue weighted by atomic mass is 32.2. The Hall–Kier alpha value is -0.130. The lowest BCUT2D eigenvalue weighted by atomic mass is 10.3. The van der Waals surface area contributed by atoms with Crippen LogP contribution < -0.4 is 0 Å². The van der Waals surface area contributed by atoms with E-state index < -0.39 is 10.2 Å². The lowest BCUT2D eigenvalue weighted by Gasteiger charge is -2.25. The van der Waals surface area contributed by atoms with E-state index in [-0.39, 0.29) is 0 Å². The molecule has 0 bridgehead atoms. The van der Waals surface area contributed by atoms with Crippen LogP contribution in [0.2, 0.25) is 0 Å². The fourth-order valence-corrected chi connectivity index (χ4v) is 2.42. The summed E-state index contributed by atoms with van der Waals surface area (Å²) >= 11 is 0. The Balaban J connectivity index is 4.46. The smallest absolute Gasteiger partial charge is 0.195 e. The van der Waals surface area contributed by atoms with E-state index in [0.717, 1.165) is 25.7 Å². The fourth-order valence-electron chi connectivity index (χ4n) is 1.24. The minimum absolute atomic E-state index is 0.636. The largest absolute Gasteiger partial charge is 0.281 e. The number of unbranched alkanes of at least 4 members (excludes halogenated alkanes) is 2. The van der Waals surface area contributed by atoms with Crippen molar-refractivity contribution in [2.75, 3.05) is 27.2 Å². The summed E-state index contributed by atoms with van der Waals surface area (Å²) in [4.78, 5) is 0. The van der Waals surface area contributed by atoms with Crippen LogP contribution >= 0.6 is 0 Å². The highest BCUT2D eigenvalue weighted by Gasteiger charge is 2.22. The van der Waals surface area contributed by atoms with Crippen LogP contribution in [0.5, 0.6) is 0 Å². The first kappa shape index (κ1) is 14.9. The molecule has 0 fully saturated rings. The van der Waals surface area contributed by atoms with Crippen molar-refractivity contribution in [3.05, 3.63) is 0 Å². The van der Waals surface area contributed by atoms with Gasteiger partial charge in [0, 0.05) is 27.2 Å². The monoisotopic (exact) mass is 236 g/mol. The summed E-state index contributed by atoms with van der Waals surface area (Å²) in [6, 6.07) is 0. The van der Waals surface area contributed by atoms with Crippen molar-refractivity contribution < 1.29 is 8.42 Å². The number of hydrogen-bond acceptors (Lipinski definition) is 2. The summed E-state index contributed by atoms with van der Waals surface area (Å²) in [5.41, 5.74) is 0. The summed E-state index contributed by atoms with van der Waals surface area (Å²) in [6.07, 6.45) is 3.89. The van der Waals surface area contributed by atoms with Gasteiger partial charge in [0.25, 0.3) is 10.2 Å². The molecular formula is C10H24N2O2S. The average Bonchev–Trinajstić information content (AvgIpc) is 2.17. The van der Waals surface area contributed by atoms with Gasteiger partial charge in [-0.05, 0) is 12.8 Å². The molecule has 4 nitrogen and oxygen atoms in total. The van der Waals surface area contributed by atoms with Crippen molar-refractivity contribution in [1.29, 1.82) is 0 Å². The van der Waals surface area contributed by atoms with Gasteiger partial charge in [-0.25, -0.2) is 0 Å². The lowest BCUT2D eigenvalue weighted by Crippen LogP contribution is -2.41. The van der Waals surface area contributed by atoms with E-state index >= 15 is 0 Å². The predicted octanol–water partition coefficient (Wildman–Crippen LogP) is 1.70. The maximum Gasteiger partial charge on any atom is 0.281 e. The quantitative estimate of drug-likeness (QED) is 0.643. The molecule has 0 aliphatic heterocycles. The fraction of sp³-hybridized carbons (Fsp3) is 1.00. The van der Waals surface area contributed by atoms with Crippen molar-refractivity contribution in [3.8, 4) is 0 Å². The second-order valence-electron chi connectivity index (χ2n) is 3.90. The molecule has 0 radical (unpaired) electrons. The molecule has 0 spiro atoms. The Morgan fingerprint density at radius 2 is 1.33 bits per heavy atom. The van der Waals surface area contributed by atoms with Gasteiger partial charge in [0.1, 0.15) is 0 Å². The molecule has 5 heteroatoms. The molecule has 0 saturated heterocycles. The molecule has 0 amide bonds. The third kappa shape index (κ3) is 4.95. The van der Waals surface area contributed by atoms with Crippen LogP contribution in [-0.4, -0.2) is 44.2 Å². The van der Waals surface area contributed by atoms with Crippen LogP contribution in [0, 0.1) is 0 Å². The Morgan fingerprint density at radius 3 is 1.60 bits per heavy atom. The molecule has 0 aromatic carbocycles. The lowest BCUT2D eigenvalue weighted by molar-refractivity contribution is 0.363. The SMILES string of the molecule is CCCCN(CCCC)S(=O)(=O)N(C)C. The molecule has 0 saturated carbocycles. The molecule has 15 heavy (non-hydrogen) atoms. The molecular weight excluding hydrogens is 212 g/mol. The van der Waals surface area contributed by atoms with Gasteiger partial charge in [0.05, 0.1) is 0 Å². The zero-order valence-electron chi connectivity index (χ0n) is 10.4. The first-order valence-corrected chi connectivity index (χ1v) is 7.04. The van der Waals surface area contributed by atoms with E-state index in [4.69, 9.17) is 0 Å². The Labute approximate surface area is 94.4 Å². The molecule has 0 N–H and O–H groups in total. The van der Waals surface area contributed by atoms with Crippen molar-refractivity contribution in [2.24, 2.45) is 0 Å². The number of rotatable bonds is 8. The molecule has 0 aromatic rings. The zero-order chi connectivity index (χ0) is 11.9. The van der Waals surface area contributed by atoms with Gasteiger partial charge in [-0.15, -0.1) is 0 Å².